The summed E-state index contributed by atoms with van der Waals surface area (Å²) in [4.78, 5) is 12.6. The van der Waals surface area contributed by atoms with Crippen LogP contribution in [0.2, 0.25) is 0 Å². The van der Waals surface area contributed by atoms with Crippen LogP contribution in [-0.2, 0) is 11.4 Å². The van der Waals surface area contributed by atoms with E-state index in [-0.39, 0.29) is 29.6 Å². The molecule has 0 amide bonds. The van der Waals surface area contributed by atoms with Gasteiger partial charge in [-0.15, -0.1) is 0 Å². The van der Waals surface area contributed by atoms with Crippen molar-refractivity contribution in [1.82, 2.24) is 0 Å². The number of nitrogens with zero attached hydrogens (tertiary/aromatic N) is 1. The van der Waals surface area contributed by atoms with Crippen LogP contribution in [-0.4, -0.2) is 12.1 Å². The molecule has 0 spiro atoms. The highest BCUT2D eigenvalue weighted by atomic mass is 19.1. The molecule has 1 aliphatic rings. The molecule has 0 bridgehead atoms. The highest BCUT2D eigenvalue weighted by Gasteiger charge is 2.31. The first-order valence-corrected chi connectivity index (χ1v) is 12.6. The van der Waals surface area contributed by atoms with Crippen molar-refractivity contribution in [3.8, 4) is 29.1 Å². The lowest BCUT2D eigenvalue weighted by molar-refractivity contribution is -0.141. The SMILES string of the molecule is CC(Oc1ccc(F)cc1)C(=O)Oc1ccc2c(c1)OC(N)=C(C#N)C2c1cccc(OCc2ccccc2F)c1. The number of hydrogen-bond donors (Lipinski definition) is 1. The number of esters is 1. The third-order valence-electron chi connectivity index (χ3n) is 6.41. The van der Waals surface area contributed by atoms with Gasteiger partial charge in [0.15, 0.2) is 6.10 Å². The van der Waals surface area contributed by atoms with Gasteiger partial charge < -0.3 is 24.7 Å². The molecule has 2 unspecified atom stereocenters. The summed E-state index contributed by atoms with van der Waals surface area (Å²) in [5.41, 5.74) is 8.06. The van der Waals surface area contributed by atoms with Gasteiger partial charge in [-0.05, 0) is 61.0 Å². The summed E-state index contributed by atoms with van der Waals surface area (Å²) in [5, 5.41) is 9.90. The third-order valence-corrected chi connectivity index (χ3v) is 6.41. The minimum absolute atomic E-state index is 0.0294. The van der Waals surface area contributed by atoms with Crippen molar-refractivity contribution < 1.29 is 32.5 Å². The van der Waals surface area contributed by atoms with E-state index in [2.05, 4.69) is 6.07 Å². The van der Waals surface area contributed by atoms with Gasteiger partial charge in [0, 0.05) is 17.2 Å². The van der Waals surface area contributed by atoms with E-state index in [0.717, 1.165) is 0 Å². The van der Waals surface area contributed by atoms with E-state index in [9.17, 15) is 18.8 Å². The Labute approximate surface area is 235 Å². The van der Waals surface area contributed by atoms with Crippen LogP contribution in [0.1, 0.15) is 29.5 Å². The molecule has 9 heteroatoms. The highest BCUT2D eigenvalue weighted by molar-refractivity contribution is 5.77. The second kappa shape index (κ2) is 11.8. The zero-order valence-corrected chi connectivity index (χ0v) is 21.8. The van der Waals surface area contributed by atoms with Crippen LogP contribution in [0.3, 0.4) is 0 Å². The number of rotatable bonds is 8. The van der Waals surface area contributed by atoms with Gasteiger partial charge in [0.25, 0.3) is 0 Å². The molecule has 1 heterocycles. The minimum atomic E-state index is -0.979. The quantitative estimate of drug-likeness (QED) is 0.206. The molecule has 7 nitrogen and oxygen atoms in total. The summed E-state index contributed by atoms with van der Waals surface area (Å²) in [6, 6.07) is 25.6. The van der Waals surface area contributed by atoms with Crippen LogP contribution in [0, 0.1) is 23.0 Å². The van der Waals surface area contributed by atoms with Gasteiger partial charge in [-0.2, -0.15) is 5.26 Å². The molecular formula is C32H24F2N2O5. The Morgan fingerprint density at radius 1 is 0.976 bits per heavy atom. The number of hydrogen-bond acceptors (Lipinski definition) is 7. The standard InChI is InChI=1S/C32H24F2N2O5/c1-19(39-23-11-9-22(33)10-12-23)32(37)40-25-13-14-26-29(16-25)41-31(36)27(17-35)30(26)20-6-4-7-24(15-20)38-18-21-5-2-3-8-28(21)34/h2-16,19,30H,18,36H2,1H3. The number of halogens is 2. The fourth-order valence-electron chi connectivity index (χ4n) is 4.37. The molecule has 0 saturated carbocycles. The molecule has 4 aromatic rings. The van der Waals surface area contributed by atoms with E-state index in [0.29, 0.717) is 33.9 Å². The van der Waals surface area contributed by atoms with Crippen LogP contribution in [0.25, 0.3) is 0 Å². The lowest BCUT2D eigenvalue weighted by Gasteiger charge is -2.27. The second-order valence-corrected chi connectivity index (χ2v) is 9.21. The first-order chi connectivity index (χ1) is 19.8. The molecule has 2 N–H and O–H groups in total. The zero-order chi connectivity index (χ0) is 28.9. The Hall–Kier alpha value is -5.36. The number of allylic oxidation sites excluding steroid dienone is 1. The Balaban J connectivity index is 1.36. The van der Waals surface area contributed by atoms with Crippen molar-refractivity contribution in [2.45, 2.75) is 25.6 Å². The third kappa shape index (κ3) is 6.12. The molecule has 5 rings (SSSR count). The summed E-state index contributed by atoms with van der Waals surface area (Å²) < 4.78 is 49.8. The molecule has 0 aliphatic carbocycles. The van der Waals surface area contributed by atoms with E-state index >= 15 is 0 Å². The fourth-order valence-corrected chi connectivity index (χ4v) is 4.37. The highest BCUT2D eigenvalue weighted by Crippen LogP contribution is 2.44. The van der Waals surface area contributed by atoms with Crippen LogP contribution in [0.4, 0.5) is 8.78 Å². The molecule has 0 saturated heterocycles. The smallest absolute Gasteiger partial charge is 0.352 e. The Morgan fingerprint density at radius 3 is 2.49 bits per heavy atom. The van der Waals surface area contributed by atoms with Gasteiger partial charge in [-0.1, -0.05) is 36.4 Å². The first-order valence-electron chi connectivity index (χ1n) is 12.6. The lowest BCUT2D eigenvalue weighted by Crippen LogP contribution is -2.28. The maximum atomic E-state index is 14.0. The van der Waals surface area contributed by atoms with E-state index in [1.54, 1.807) is 48.5 Å². The summed E-state index contributed by atoms with van der Waals surface area (Å²) in [7, 11) is 0. The van der Waals surface area contributed by atoms with E-state index in [1.807, 2.05) is 6.07 Å². The first kappa shape index (κ1) is 27.2. The molecule has 0 aromatic heterocycles. The second-order valence-electron chi connectivity index (χ2n) is 9.21. The number of ether oxygens (including phenoxy) is 4. The predicted octanol–water partition coefficient (Wildman–Crippen LogP) is 6.13. The van der Waals surface area contributed by atoms with Crippen molar-refractivity contribution in [2.24, 2.45) is 5.73 Å². The zero-order valence-electron chi connectivity index (χ0n) is 21.8. The molecule has 0 fully saturated rings. The van der Waals surface area contributed by atoms with Crippen LogP contribution in [0.5, 0.6) is 23.0 Å². The Kier molecular flexibility index (Phi) is 7.83. The van der Waals surface area contributed by atoms with Gasteiger partial charge >= 0.3 is 5.97 Å². The average molecular weight is 555 g/mol. The van der Waals surface area contributed by atoms with Gasteiger partial charge in [-0.25, -0.2) is 13.6 Å². The Bertz CT molecular complexity index is 1660. The lowest BCUT2D eigenvalue weighted by atomic mass is 9.83. The van der Waals surface area contributed by atoms with Gasteiger partial charge in [0.05, 0.1) is 5.92 Å². The van der Waals surface area contributed by atoms with Crippen molar-refractivity contribution in [1.29, 1.82) is 5.26 Å². The van der Waals surface area contributed by atoms with Gasteiger partial charge in [0.1, 0.15) is 52.9 Å². The summed E-state index contributed by atoms with van der Waals surface area (Å²) in [6.45, 7) is 1.54. The van der Waals surface area contributed by atoms with E-state index < -0.39 is 23.8 Å². The maximum Gasteiger partial charge on any atom is 0.352 e. The fraction of sp³-hybridized carbons (Fsp3) is 0.125. The normalized spacial score (nSPS) is 14.7. The van der Waals surface area contributed by atoms with Crippen molar-refractivity contribution in [2.75, 3.05) is 0 Å². The molecule has 206 valence electrons. The van der Waals surface area contributed by atoms with Crippen molar-refractivity contribution in [3.05, 3.63) is 131 Å². The molecule has 4 aromatic carbocycles. The van der Waals surface area contributed by atoms with Crippen LogP contribution >= 0.6 is 0 Å². The van der Waals surface area contributed by atoms with Crippen molar-refractivity contribution >= 4 is 5.97 Å². The molecular weight excluding hydrogens is 530 g/mol. The number of carbonyl (C=O) groups is 1. The van der Waals surface area contributed by atoms with Crippen LogP contribution in [0.15, 0.2) is 102 Å². The van der Waals surface area contributed by atoms with E-state index in [4.69, 9.17) is 24.7 Å². The monoisotopic (exact) mass is 554 g/mol. The number of benzene rings is 4. The molecule has 2 atom stereocenters. The number of fused-ring (bicyclic) bond motifs is 1. The van der Waals surface area contributed by atoms with Crippen LogP contribution < -0.4 is 24.7 Å². The largest absolute Gasteiger partial charge is 0.489 e. The molecule has 1 aliphatic heterocycles. The summed E-state index contributed by atoms with van der Waals surface area (Å²) in [5.74, 6) is -0.858. The number of nitriles is 1. The summed E-state index contributed by atoms with van der Waals surface area (Å²) >= 11 is 0. The number of carbonyl (C=O) groups excluding carboxylic acids is 1. The van der Waals surface area contributed by atoms with Gasteiger partial charge in [-0.3, -0.25) is 0 Å². The van der Waals surface area contributed by atoms with E-state index in [1.165, 1.54) is 43.3 Å². The van der Waals surface area contributed by atoms with Crippen molar-refractivity contribution in [3.63, 3.8) is 0 Å². The summed E-state index contributed by atoms with van der Waals surface area (Å²) in [6.07, 6.45) is -0.979. The predicted molar refractivity (Wildman–Crippen MR) is 145 cm³/mol. The Morgan fingerprint density at radius 2 is 1.73 bits per heavy atom. The molecule has 41 heavy (non-hydrogen) atoms. The minimum Gasteiger partial charge on any atom is -0.489 e. The molecule has 0 radical (unpaired) electrons. The van der Waals surface area contributed by atoms with Gasteiger partial charge in [0.2, 0.25) is 5.88 Å². The average Bonchev–Trinajstić information content (AvgIpc) is 2.97. The number of nitrogens with two attached hydrogens (primary N) is 1. The maximum absolute atomic E-state index is 14.0. The topological polar surface area (TPSA) is 104 Å².